The molecule has 1 aromatic rings. The molecule has 3 atom stereocenters. The molecule has 2 aliphatic carbocycles. The number of non-ortho nitro benzene ring substituents is 1. The SMILES string of the molecule is CC1(C)[C@H]2CC[C@@]1(C)[C@@H](Sc1ccc([N+](=O)[O-])cc1)C2=O. The van der Waals surface area contributed by atoms with E-state index in [0.29, 0.717) is 5.78 Å². The van der Waals surface area contributed by atoms with Gasteiger partial charge in [-0.05, 0) is 35.8 Å². The number of benzene rings is 1. The van der Waals surface area contributed by atoms with Crippen LogP contribution in [0.1, 0.15) is 33.6 Å². The molecule has 2 bridgehead atoms. The van der Waals surface area contributed by atoms with Crippen LogP contribution in [-0.2, 0) is 4.79 Å². The molecule has 3 rings (SSSR count). The number of thioether (sulfide) groups is 1. The molecule has 0 spiro atoms. The second kappa shape index (κ2) is 4.57. The summed E-state index contributed by atoms with van der Waals surface area (Å²) < 4.78 is 0. The van der Waals surface area contributed by atoms with Crippen molar-refractivity contribution < 1.29 is 9.72 Å². The maximum Gasteiger partial charge on any atom is 0.269 e. The van der Waals surface area contributed by atoms with E-state index in [1.54, 1.807) is 23.9 Å². The van der Waals surface area contributed by atoms with Gasteiger partial charge in [-0.2, -0.15) is 0 Å². The molecular weight excluding hydrogens is 286 g/mol. The van der Waals surface area contributed by atoms with Gasteiger partial charge < -0.3 is 0 Å². The minimum Gasteiger partial charge on any atom is -0.298 e. The van der Waals surface area contributed by atoms with Crippen molar-refractivity contribution in [1.82, 2.24) is 0 Å². The third kappa shape index (κ3) is 1.94. The van der Waals surface area contributed by atoms with Gasteiger partial charge in [0.15, 0.2) is 0 Å². The van der Waals surface area contributed by atoms with E-state index in [0.717, 1.165) is 17.7 Å². The van der Waals surface area contributed by atoms with E-state index in [4.69, 9.17) is 0 Å². The fraction of sp³-hybridized carbons (Fsp3) is 0.562. The van der Waals surface area contributed by atoms with Crippen molar-refractivity contribution in [2.75, 3.05) is 0 Å². The second-order valence-corrected chi connectivity index (χ2v) is 8.06. The molecule has 21 heavy (non-hydrogen) atoms. The van der Waals surface area contributed by atoms with Gasteiger partial charge >= 0.3 is 0 Å². The molecular formula is C16H19NO3S. The Bertz CT molecular complexity index is 610. The number of rotatable bonds is 3. The first kappa shape index (κ1) is 14.6. The summed E-state index contributed by atoms with van der Waals surface area (Å²) in [6.45, 7) is 6.64. The molecule has 0 N–H and O–H groups in total. The molecule has 0 aromatic heterocycles. The monoisotopic (exact) mass is 305 g/mol. The predicted molar refractivity (Wildman–Crippen MR) is 82.4 cm³/mol. The van der Waals surface area contributed by atoms with Crippen molar-refractivity contribution in [3.63, 3.8) is 0 Å². The maximum atomic E-state index is 12.6. The van der Waals surface area contributed by atoms with Crippen molar-refractivity contribution in [3.05, 3.63) is 34.4 Å². The number of nitro groups is 1. The van der Waals surface area contributed by atoms with Crippen LogP contribution in [0.4, 0.5) is 5.69 Å². The molecule has 112 valence electrons. The molecule has 0 radical (unpaired) electrons. The van der Waals surface area contributed by atoms with Crippen LogP contribution in [0.3, 0.4) is 0 Å². The Balaban J connectivity index is 1.85. The summed E-state index contributed by atoms with van der Waals surface area (Å²) >= 11 is 1.57. The van der Waals surface area contributed by atoms with Gasteiger partial charge in [0.1, 0.15) is 5.78 Å². The van der Waals surface area contributed by atoms with Gasteiger partial charge in [0.05, 0.1) is 10.2 Å². The normalized spacial score (nSPS) is 33.4. The van der Waals surface area contributed by atoms with Gasteiger partial charge in [-0.3, -0.25) is 14.9 Å². The van der Waals surface area contributed by atoms with Gasteiger partial charge in [0, 0.05) is 22.9 Å². The van der Waals surface area contributed by atoms with Gasteiger partial charge in [-0.1, -0.05) is 20.8 Å². The number of carbonyl (C=O) groups excluding carboxylic acids is 1. The number of Topliss-reactive ketones (excluding diaryl/α,β-unsaturated/α-hetero) is 1. The topological polar surface area (TPSA) is 60.2 Å². The number of hydrogen-bond acceptors (Lipinski definition) is 4. The van der Waals surface area contributed by atoms with E-state index < -0.39 is 4.92 Å². The minimum atomic E-state index is -0.401. The lowest BCUT2D eigenvalue weighted by Gasteiger charge is -2.37. The number of nitro benzene ring substituents is 1. The smallest absolute Gasteiger partial charge is 0.269 e. The van der Waals surface area contributed by atoms with Crippen LogP contribution in [0.25, 0.3) is 0 Å². The van der Waals surface area contributed by atoms with Crippen molar-refractivity contribution in [1.29, 1.82) is 0 Å². The summed E-state index contributed by atoms with van der Waals surface area (Å²) in [7, 11) is 0. The summed E-state index contributed by atoms with van der Waals surface area (Å²) in [5.41, 5.74) is 0.147. The van der Waals surface area contributed by atoms with Crippen molar-refractivity contribution >= 4 is 23.2 Å². The van der Waals surface area contributed by atoms with E-state index in [1.807, 2.05) is 0 Å². The van der Waals surface area contributed by atoms with Crippen LogP contribution in [0.15, 0.2) is 29.2 Å². The lowest BCUT2D eigenvalue weighted by atomic mass is 9.71. The average Bonchev–Trinajstić information content (AvgIpc) is 2.73. The highest BCUT2D eigenvalue weighted by molar-refractivity contribution is 8.00. The largest absolute Gasteiger partial charge is 0.298 e. The Morgan fingerprint density at radius 2 is 1.86 bits per heavy atom. The third-order valence-corrected chi connectivity index (χ3v) is 7.31. The fourth-order valence-corrected chi connectivity index (χ4v) is 5.49. The molecule has 0 saturated heterocycles. The first-order chi connectivity index (χ1) is 9.77. The van der Waals surface area contributed by atoms with E-state index in [1.165, 1.54) is 12.1 Å². The predicted octanol–water partition coefficient (Wildman–Crippen LogP) is 4.08. The highest BCUT2D eigenvalue weighted by Gasteiger charge is 2.66. The molecule has 5 heteroatoms. The third-order valence-electron chi connectivity index (χ3n) is 5.78. The lowest BCUT2D eigenvalue weighted by molar-refractivity contribution is -0.384. The molecule has 0 unspecified atom stereocenters. The summed E-state index contributed by atoms with van der Waals surface area (Å²) in [6, 6.07) is 6.51. The Morgan fingerprint density at radius 1 is 1.24 bits per heavy atom. The zero-order chi connectivity index (χ0) is 15.4. The Morgan fingerprint density at radius 3 is 2.33 bits per heavy atom. The highest BCUT2D eigenvalue weighted by Crippen LogP contribution is 2.67. The maximum absolute atomic E-state index is 12.6. The summed E-state index contributed by atoms with van der Waals surface area (Å²) in [6.07, 6.45) is 2.08. The molecule has 0 amide bonds. The zero-order valence-corrected chi connectivity index (χ0v) is 13.3. The van der Waals surface area contributed by atoms with E-state index >= 15 is 0 Å². The molecule has 0 heterocycles. The van der Waals surface area contributed by atoms with Crippen LogP contribution in [-0.4, -0.2) is 16.0 Å². The molecule has 4 nitrogen and oxygen atoms in total. The van der Waals surface area contributed by atoms with Crippen LogP contribution in [0.5, 0.6) is 0 Å². The molecule has 2 saturated carbocycles. The second-order valence-electron chi connectivity index (χ2n) is 6.88. The minimum absolute atomic E-state index is 0.0151. The van der Waals surface area contributed by atoms with Gasteiger partial charge in [0.25, 0.3) is 5.69 Å². The number of carbonyl (C=O) groups is 1. The van der Waals surface area contributed by atoms with E-state index in [2.05, 4.69) is 20.8 Å². The zero-order valence-electron chi connectivity index (χ0n) is 12.5. The summed E-state index contributed by atoms with van der Waals surface area (Å²) in [5, 5.41) is 10.7. The molecule has 2 fully saturated rings. The van der Waals surface area contributed by atoms with Crippen molar-refractivity contribution in [2.24, 2.45) is 16.7 Å². The molecule has 0 aliphatic heterocycles. The van der Waals surface area contributed by atoms with Crippen LogP contribution in [0.2, 0.25) is 0 Å². The van der Waals surface area contributed by atoms with Gasteiger partial charge in [0.2, 0.25) is 0 Å². The first-order valence-electron chi connectivity index (χ1n) is 7.22. The van der Waals surface area contributed by atoms with Crippen molar-refractivity contribution in [3.8, 4) is 0 Å². The Hall–Kier alpha value is -1.36. The van der Waals surface area contributed by atoms with Gasteiger partial charge in [-0.25, -0.2) is 0 Å². The van der Waals surface area contributed by atoms with E-state index in [-0.39, 0.29) is 27.7 Å². The number of ketones is 1. The van der Waals surface area contributed by atoms with Gasteiger partial charge in [-0.15, -0.1) is 11.8 Å². The number of fused-ring (bicyclic) bond motifs is 2. The number of nitrogens with zero attached hydrogens (tertiary/aromatic N) is 1. The Kier molecular flexibility index (Phi) is 3.17. The lowest BCUT2D eigenvalue weighted by Crippen LogP contribution is -2.35. The number of hydrogen-bond donors (Lipinski definition) is 0. The van der Waals surface area contributed by atoms with E-state index in [9.17, 15) is 14.9 Å². The molecule has 1 aromatic carbocycles. The van der Waals surface area contributed by atoms with Crippen LogP contribution in [0, 0.1) is 26.9 Å². The van der Waals surface area contributed by atoms with Crippen LogP contribution >= 0.6 is 11.8 Å². The highest BCUT2D eigenvalue weighted by atomic mass is 32.2. The Labute approximate surface area is 128 Å². The van der Waals surface area contributed by atoms with Crippen LogP contribution < -0.4 is 0 Å². The average molecular weight is 305 g/mol. The first-order valence-corrected chi connectivity index (χ1v) is 8.10. The van der Waals surface area contributed by atoms with Crippen molar-refractivity contribution in [2.45, 2.75) is 43.8 Å². The molecule has 2 aliphatic rings. The fourth-order valence-electron chi connectivity index (χ4n) is 3.96. The standard InChI is InChI=1S/C16H19NO3S/c1-15(2)12-8-9-16(15,3)14(13(12)18)21-11-6-4-10(5-7-11)17(19)20/h4-7,12,14H,8-9H2,1-3H3/t12-,14-,16-/m0/s1. The quantitative estimate of drug-likeness (QED) is 0.623. The summed E-state index contributed by atoms with van der Waals surface area (Å²) in [4.78, 5) is 23.9. The summed E-state index contributed by atoms with van der Waals surface area (Å²) in [5.74, 6) is 0.523.